The monoisotopic (exact) mass is 441 g/mol. The molecule has 3 atom stereocenters. The van der Waals surface area contributed by atoms with Crippen LogP contribution in [0.2, 0.25) is 0 Å². The standard InChI is InChI=1S/C29H28FNO2/c1-29-17-7-6-10-25(29)27(31(28(29)32)19-20-8-4-3-5-9-20)24-16-13-22(18-26(24)30)21-11-14-23(33-2)15-12-21/h3-6,8-16,18,25,27H,7,17,19H2,1-2H3/t25-,27-,29+/m0/s1. The predicted octanol–water partition coefficient (Wildman–Crippen LogP) is 6.56. The van der Waals surface area contributed by atoms with E-state index in [2.05, 4.69) is 12.2 Å². The molecule has 0 N–H and O–H groups in total. The maximum absolute atomic E-state index is 15.7. The van der Waals surface area contributed by atoms with Gasteiger partial charge in [0.1, 0.15) is 11.6 Å². The molecule has 1 aliphatic heterocycles. The summed E-state index contributed by atoms with van der Waals surface area (Å²) in [6.07, 6.45) is 5.94. The van der Waals surface area contributed by atoms with Crippen molar-refractivity contribution in [1.82, 2.24) is 4.90 Å². The van der Waals surface area contributed by atoms with Crippen molar-refractivity contribution in [2.45, 2.75) is 32.4 Å². The van der Waals surface area contributed by atoms with Gasteiger partial charge in [-0.15, -0.1) is 0 Å². The van der Waals surface area contributed by atoms with Gasteiger partial charge in [-0.1, -0.05) is 73.7 Å². The lowest BCUT2D eigenvalue weighted by Gasteiger charge is -2.32. The first kappa shape index (κ1) is 21.4. The summed E-state index contributed by atoms with van der Waals surface area (Å²) in [5.41, 5.74) is 2.86. The molecule has 1 heterocycles. The van der Waals surface area contributed by atoms with Crippen molar-refractivity contribution in [3.63, 3.8) is 0 Å². The lowest BCUT2D eigenvalue weighted by molar-refractivity contribution is -0.137. The third kappa shape index (κ3) is 3.74. The van der Waals surface area contributed by atoms with Crippen LogP contribution in [0, 0.1) is 17.2 Å². The smallest absolute Gasteiger partial charge is 0.230 e. The highest BCUT2D eigenvalue weighted by atomic mass is 19.1. The number of methoxy groups -OCH3 is 1. The van der Waals surface area contributed by atoms with Gasteiger partial charge in [0.15, 0.2) is 0 Å². The van der Waals surface area contributed by atoms with Crippen LogP contribution >= 0.6 is 0 Å². The van der Waals surface area contributed by atoms with E-state index in [0.29, 0.717) is 12.1 Å². The van der Waals surface area contributed by atoms with Gasteiger partial charge in [-0.05, 0) is 47.7 Å². The van der Waals surface area contributed by atoms with E-state index in [4.69, 9.17) is 4.74 Å². The number of likely N-dealkylation sites (tertiary alicyclic amines) is 1. The van der Waals surface area contributed by atoms with E-state index < -0.39 is 5.41 Å². The molecule has 3 aromatic rings. The Morgan fingerprint density at radius 1 is 1.03 bits per heavy atom. The number of carbonyl (C=O) groups is 1. The highest BCUT2D eigenvalue weighted by Crippen LogP contribution is 2.54. The number of hydrogen-bond acceptors (Lipinski definition) is 2. The lowest BCUT2D eigenvalue weighted by atomic mass is 9.69. The molecule has 0 radical (unpaired) electrons. The molecule has 5 rings (SSSR count). The molecule has 4 heteroatoms. The molecule has 168 valence electrons. The molecule has 1 saturated heterocycles. The molecule has 0 aromatic heterocycles. The van der Waals surface area contributed by atoms with Crippen LogP contribution in [0.4, 0.5) is 4.39 Å². The summed E-state index contributed by atoms with van der Waals surface area (Å²) in [5, 5.41) is 0. The van der Waals surface area contributed by atoms with Gasteiger partial charge in [-0.25, -0.2) is 4.39 Å². The van der Waals surface area contributed by atoms with Crippen molar-refractivity contribution in [3.8, 4) is 16.9 Å². The fraction of sp³-hybridized carbons (Fsp3) is 0.276. The van der Waals surface area contributed by atoms with Crippen molar-refractivity contribution in [2.75, 3.05) is 7.11 Å². The number of hydrogen-bond donors (Lipinski definition) is 0. The van der Waals surface area contributed by atoms with Gasteiger partial charge in [0.25, 0.3) is 0 Å². The Labute approximate surface area is 194 Å². The third-order valence-corrected chi connectivity index (χ3v) is 7.27. The van der Waals surface area contributed by atoms with Crippen LogP contribution < -0.4 is 4.74 Å². The maximum atomic E-state index is 15.7. The van der Waals surface area contributed by atoms with Crippen molar-refractivity contribution < 1.29 is 13.9 Å². The Bertz CT molecular complexity index is 1190. The lowest BCUT2D eigenvalue weighted by Crippen LogP contribution is -2.34. The molecule has 33 heavy (non-hydrogen) atoms. The number of nitrogens with zero attached hydrogens (tertiary/aromatic N) is 1. The van der Waals surface area contributed by atoms with Gasteiger partial charge >= 0.3 is 0 Å². The third-order valence-electron chi connectivity index (χ3n) is 7.27. The van der Waals surface area contributed by atoms with Crippen molar-refractivity contribution in [2.24, 2.45) is 11.3 Å². The zero-order valence-electron chi connectivity index (χ0n) is 19.0. The molecule has 0 bridgehead atoms. The zero-order valence-corrected chi connectivity index (χ0v) is 19.0. The fourth-order valence-electron chi connectivity index (χ4n) is 5.40. The van der Waals surface area contributed by atoms with Gasteiger partial charge in [0.05, 0.1) is 18.6 Å². The van der Waals surface area contributed by atoms with Crippen LogP contribution in [0.3, 0.4) is 0 Å². The normalized spacial score (nSPS) is 24.1. The average Bonchev–Trinajstić information content (AvgIpc) is 3.06. The zero-order chi connectivity index (χ0) is 23.0. The number of rotatable bonds is 5. The maximum Gasteiger partial charge on any atom is 0.230 e. The van der Waals surface area contributed by atoms with E-state index in [1.807, 2.05) is 78.6 Å². The van der Waals surface area contributed by atoms with Gasteiger partial charge in [-0.2, -0.15) is 0 Å². The van der Waals surface area contributed by atoms with E-state index in [9.17, 15) is 4.79 Å². The Balaban J connectivity index is 1.54. The second-order valence-electron chi connectivity index (χ2n) is 9.24. The van der Waals surface area contributed by atoms with E-state index in [1.54, 1.807) is 13.2 Å². The summed E-state index contributed by atoms with van der Waals surface area (Å²) in [7, 11) is 1.63. The molecule has 3 aromatic carbocycles. The van der Waals surface area contributed by atoms with Crippen LogP contribution in [-0.4, -0.2) is 17.9 Å². The Hall–Kier alpha value is -3.40. The summed E-state index contributed by atoms with van der Waals surface area (Å²) in [6.45, 7) is 2.52. The molecule has 0 unspecified atom stereocenters. The summed E-state index contributed by atoms with van der Waals surface area (Å²) in [6, 6.07) is 22.6. The van der Waals surface area contributed by atoms with E-state index in [0.717, 1.165) is 35.3 Å². The van der Waals surface area contributed by atoms with Crippen molar-refractivity contribution >= 4 is 5.91 Å². The first-order valence-corrected chi connectivity index (χ1v) is 11.5. The minimum atomic E-state index is -0.505. The van der Waals surface area contributed by atoms with Gasteiger partial charge in [0, 0.05) is 18.0 Å². The van der Waals surface area contributed by atoms with Crippen LogP contribution in [-0.2, 0) is 11.3 Å². The highest BCUT2D eigenvalue weighted by Gasteiger charge is 2.56. The first-order chi connectivity index (χ1) is 16.0. The minimum Gasteiger partial charge on any atom is -0.497 e. The number of benzene rings is 3. The summed E-state index contributed by atoms with van der Waals surface area (Å²) in [5.74, 6) is 0.552. The number of carbonyl (C=O) groups excluding carboxylic acids is 1. The van der Waals surface area contributed by atoms with Crippen molar-refractivity contribution in [3.05, 3.63) is 102 Å². The van der Waals surface area contributed by atoms with Crippen molar-refractivity contribution in [1.29, 1.82) is 0 Å². The molecular weight excluding hydrogens is 413 g/mol. The molecule has 0 spiro atoms. The minimum absolute atomic E-state index is 0.0520. The Kier molecular flexibility index (Phi) is 5.53. The average molecular weight is 442 g/mol. The number of halogens is 1. The van der Waals surface area contributed by atoms with Gasteiger partial charge in [0.2, 0.25) is 5.91 Å². The molecule has 1 fully saturated rings. The second kappa shape index (κ2) is 8.51. The van der Waals surface area contributed by atoms with Crippen LogP contribution in [0.25, 0.3) is 11.1 Å². The topological polar surface area (TPSA) is 29.5 Å². The SMILES string of the molecule is COc1ccc(-c2ccc([C@H]3[C@@H]4C=CCC[C@@]4(C)C(=O)N3Cc3ccccc3)c(F)c2)cc1. The molecule has 0 saturated carbocycles. The highest BCUT2D eigenvalue weighted by molar-refractivity contribution is 5.86. The number of allylic oxidation sites excluding steroid dienone is 1. The molecule has 2 aliphatic rings. The Morgan fingerprint density at radius 3 is 2.45 bits per heavy atom. The van der Waals surface area contributed by atoms with E-state index >= 15 is 4.39 Å². The molecule has 1 aliphatic carbocycles. The van der Waals surface area contributed by atoms with Crippen LogP contribution in [0.15, 0.2) is 84.9 Å². The van der Waals surface area contributed by atoms with Crippen LogP contribution in [0.5, 0.6) is 5.75 Å². The fourth-order valence-corrected chi connectivity index (χ4v) is 5.40. The quantitative estimate of drug-likeness (QED) is 0.420. The van der Waals surface area contributed by atoms with Crippen LogP contribution in [0.1, 0.15) is 36.9 Å². The molecule has 1 amide bonds. The Morgan fingerprint density at radius 2 is 1.76 bits per heavy atom. The van der Waals surface area contributed by atoms with Gasteiger partial charge in [-0.3, -0.25) is 4.79 Å². The molecular formula is C29H28FNO2. The van der Waals surface area contributed by atoms with E-state index in [1.165, 1.54) is 0 Å². The van der Waals surface area contributed by atoms with Gasteiger partial charge < -0.3 is 9.64 Å². The number of ether oxygens (including phenoxy) is 1. The predicted molar refractivity (Wildman–Crippen MR) is 128 cm³/mol. The largest absolute Gasteiger partial charge is 0.497 e. The number of fused-ring (bicyclic) bond motifs is 1. The molecule has 3 nitrogen and oxygen atoms in total. The van der Waals surface area contributed by atoms with E-state index in [-0.39, 0.29) is 23.7 Å². The summed E-state index contributed by atoms with van der Waals surface area (Å²) in [4.78, 5) is 15.6. The first-order valence-electron chi connectivity index (χ1n) is 11.5. The summed E-state index contributed by atoms with van der Waals surface area (Å²) >= 11 is 0. The second-order valence-corrected chi connectivity index (χ2v) is 9.24. The number of amides is 1. The summed E-state index contributed by atoms with van der Waals surface area (Å²) < 4.78 is 20.9.